The second kappa shape index (κ2) is 5.98. The number of carbonyl (C=O) groups is 1. The Morgan fingerprint density at radius 2 is 2.46 bits per heavy atom. The molecule has 0 atom stereocenters. The first-order valence-electron chi connectivity index (χ1n) is 3.77. The summed E-state index contributed by atoms with van der Waals surface area (Å²) >= 11 is 1.40. The van der Waals surface area contributed by atoms with E-state index in [9.17, 15) is 4.79 Å². The summed E-state index contributed by atoms with van der Waals surface area (Å²) in [6, 6.07) is 0. The van der Waals surface area contributed by atoms with Gasteiger partial charge in [-0.1, -0.05) is 0 Å². The molecule has 71 valence electrons. The van der Waals surface area contributed by atoms with Gasteiger partial charge >= 0.3 is 90.8 Å². The molecule has 0 saturated heterocycles. The number of hydrogen-bond donors (Lipinski definition) is 0. The van der Waals surface area contributed by atoms with Crippen LogP contribution in [0.25, 0.3) is 0 Å². The average Bonchev–Trinajstić information content (AvgIpc) is 2.57. The van der Waals surface area contributed by atoms with Gasteiger partial charge < -0.3 is 0 Å². The quantitative estimate of drug-likeness (QED) is 0.628. The Bertz CT molecular complexity index is 251. The van der Waals surface area contributed by atoms with Gasteiger partial charge in [0.1, 0.15) is 0 Å². The number of tetrazole rings is 1. The van der Waals surface area contributed by atoms with Crippen LogP contribution in [0.5, 0.6) is 0 Å². The zero-order valence-electron chi connectivity index (χ0n) is 6.92. The molecule has 6 nitrogen and oxygen atoms in total. The molecule has 0 N–H and O–H groups in total. The number of hydrogen-bond acceptors (Lipinski definition) is 5. The van der Waals surface area contributed by atoms with Crippen molar-refractivity contribution in [1.29, 1.82) is 0 Å². The predicted molar refractivity (Wildman–Crippen MR) is 44.0 cm³/mol. The van der Waals surface area contributed by atoms with Crippen LogP contribution in [0.3, 0.4) is 0 Å². The maximum absolute atomic E-state index is 10.9. The summed E-state index contributed by atoms with van der Waals surface area (Å²) in [4.78, 5) is 10.9. The topological polar surface area (TPSA) is 69.9 Å². The van der Waals surface area contributed by atoms with Crippen LogP contribution in [0, 0.1) is 0 Å². The molecule has 13 heavy (non-hydrogen) atoms. The van der Waals surface area contributed by atoms with Gasteiger partial charge in [-0.05, 0) is 0 Å². The van der Waals surface area contributed by atoms with Crippen molar-refractivity contribution in [3.63, 3.8) is 0 Å². The molecule has 1 aromatic rings. The van der Waals surface area contributed by atoms with Crippen molar-refractivity contribution < 1.29 is 9.53 Å². The molecule has 0 bridgehead atoms. The molecule has 0 unspecified atom stereocenters. The fourth-order valence-electron chi connectivity index (χ4n) is 0.691. The van der Waals surface area contributed by atoms with Crippen LogP contribution in [0.1, 0.15) is 6.42 Å². The molecular formula is C6H9N4O2Po. The zero-order valence-corrected chi connectivity index (χ0v) is 10.1. The van der Waals surface area contributed by atoms with Crippen molar-refractivity contribution in [1.82, 2.24) is 20.2 Å². The predicted octanol–water partition coefficient (Wildman–Crippen LogP) is -0.807. The third-order valence-corrected chi connectivity index (χ3v) is 2.07. The van der Waals surface area contributed by atoms with Crippen molar-refractivity contribution in [2.45, 2.75) is 17.0 Å². The standard InChI is InChI=1S/C6H9N4O2.Po/c1-2-6(11)12-4-3-10-5-7-8-9-10;/h5H,1-4H2;. The summed E-state index contributed by atoms with van der Waals surface area (Å²) in [6.07, 6.45) is 1.99. The first-order chi connectivity index (χ1) is 6.33. The van der Waals surface area contributed by atoms with E-state index in [2.05, 4.69) is 15.5 Å². The van der Waals surface area contributed by atoms with Crippen LogP contribution in [0.2, 0.25) is 4.08 Å². The fourth-order valence-corrected chi connectivity index (χ4v) is 1.34. The molecule has 1 rings (SSSR count). The van der Waals surface area contributed by atoms with Gasteiger partial charge in [0, 0.05) is 0 Å². The van der Waals surface area contributed by atoms with Gasteiger partial charge in [0.05, 0.1) is 0 Å². The number of nitrogens with zero attached hydrogens (tertiary/aromatic N) is 4. The van der Waals surface area contributed by atoms with Crippen LogP contribution in [-0.2, 0) is 16.1 Å². The van der Waals surface area contributed by atoms with E-state index in [0.29, 0.717) is 19.6 Å². The number of rotatable bonds is 5. The van der Waals surface area contributed by atoms with Crippen LogP contribution in [-0.4, -0.2) is 57.8 Å². The molecule has 0 aliphatic rings. The van der Waals surface area contributed by atoms with Gasteiger partial charge in [0.25, 0.3) is 0 Å². The van der Waals surface area contributed by atoms with Crippen LogP contribution in [0.15, 0.2) is 6.33 Å². The average molecular weight is 378 g/mol. The number of ether oxygens (including phenoxy) is 1. The van der Waals surface area contributed by atoms with E-state index < -0.39 is 0 Å². The summed E-state index contributed by atoms with van der Waals surface area (Å²) in [5.41, 5.74) is 0. The summed E-state index contributed by atoms with van der Waals surface area (Å²) < 4.78 is 7.32. The molecule has 0 aromatic carbocycles. The van der Waals surface area contributed by atoms with Gasteiger partial charge in [0.15, 0.2) is 0 Å². The molecule has 1 heterocycles. The molecule has 1 radical (unpaired) electrons. The third-order valence-electron chi connectivity index (χ3n) is 1.28. The normalized spacial score (nSPS) is 9.92. The van der Waals surface area contributed by atoms with Gasteiger partial charge in [-0.2, -0.15) is 0 Å². The Kier molecular flexibility index (Phi) is 4.83. The number of carbonyl (C=O) groups excluding carboxylic acids is 1. The van der Waals surface area contributed by atoms with Crippen molar-refractivity contribution in [2.75, 3.05) is 6.61 Å². The zero-order chi connectivity index (χ0) is 9.52. The summed E-state index contributed by atoms with van der Waals surface area (Å²) in [7, 11) is 0. The minimum absolute atomic E-state index is 0.150. The Morgan fingerprint density at radius 3 is 3.08 bits per heavy atom. The molecule has 0 amide bonds. The van der Waals surface area contributed by atoms with E-state index in [4.69, 9.17) is 4.74 Å². The first kappa shape index (κ1) is 10.5. The second-order valence-electron chi connectivity index (χ2n) is 2.25. The SMILES string of the molecule is O=C(C[CH2][Po])OCCn1cnnn1. The molecule has 7 heteroatoms. The van der Waals surface area contributed by atoms with Gasteiger partial charge in [-0.3, -0.25) is 0 Å². The van der Waals surface area contributed by atoms with E-state index in [1.807, 2.05) is 0 Å². The summed E-state index contributed by atoms with van der Waals surface area (Å²) in [5, 5.41) is 10.5. The van der Waals surface area contributed by atoms with Crippen molar-refractivity contribution >= 4 is 31.0 Å². The van der Waals surface area contributed by atoms with Crippen molar-refractivity contribution in [3.8, 4) is 0 Å². The molecule has 0 fully saturated rings. The monoisotopic (exact) mass is 378 g/mol. The molecule has 1 aromatic heterocycles. The van der Waals surface area contributed by atoms with E-state index in [1.54, 1.807) is 0 Å². The van der Waals surface area contributed by atoms with E-state index in [0.717, 1.165) is 4.08 Å². The number of aromatic nitrogens is 4. The van der Waals surface area contributed by atoms with Crippen LogP contribution < -0.4 is 0 Å². The molecule has 0 aliphatic carbocycles. The molecule has 0 aliphatic heterocycles. The van der Waals surface area contributed by atoms with Crippen LogP contribution >= 0.6 is 0 Å². The number of esters is 1. The Hall–Kier alpha value is -0.564. The molecule has 0 spiro atoms. The Morgan fingerprint density at radius 1 is 1.62 bits per heavy atom. The molecular weight excluding hydrogens is 369 g/mol. The first-order valence-corrected chi connectivity index (χ1v) is 6.02. The van der Waals surface area contributed by atoms with E-state index in [1.165, 1.54) is 36.1 Å². The summed E-state index contributed by atoms with van der Waals surface area (Å²) in [6.45, 7) is 0.842. The second-order valence-corrected chi connectivity index (χ2v) is 3.83. The Labute approximate surface area is 90.8 Å². The minimum atomic E-state index is -0.150. The van der Waals surface area contributed by atoms with E-state index in [-0.39, 0.29) is 5.97 Å². The van der Waals surface area contributed by atoms with Gasteiger partial charge in [0.2, 0.25) is 0 Å². The fraction of sp³-hybridized carbons (Fsp3) is 0.667. The van der Waals surface area contributed by atoms with Crippen molar-refractivity contribution in [3.05, 3.63) is 6.33 Å². The van der Waals surface area contributed by atoms with Gasteiger partial charge in [-0.25, -0.2) is 0 Å². The Balaban J connectivity index is 2.11. The van der Waals surface area contributed by atoms with E-state index >= 15 is 0 Å². The third kappa shape index (κ3) is 4.27. The van der Waals surface area contributed by atoms with Crippen LogP contribution in [0.4, 0.5) is 0 Å². The maximum atomic E-state index is 10.9. The van der Waals surface area contributed by atoms with Gasteiger partial charge in [-0.15, -0.1) is 0 Å². The van der Waals surface area contributed by atoms with Crippen molar-refractivity contribution in [2.24, 2.45) is 0 Å². The summed E-state index contributed by atoms with van der Waals surface area (Å²) in [5.74, 6) is -0.150. The molecule has 0 saturated carbocycles.